The topological polar surface area (TPSA) is 12.0 Å². The van der Waals surface area contributed by atoms with Crippen LogP contribution in [0.25, 0.3) is 0 Å². The predicted octanol–water partition coefficient (Wildman–Crippen LogP) is 4.34. The smallest absolute Gasteiger partial charge is 0.317 e. The molecule has 108 valence electrons. The van der Waals surface area contributed by atoms with Crippen LogP contribution in [0, 0.1) is 5.82 Å². The van der Waals surface area contributed by atoms with Crippen LogP contribution in [-0.4, -0.2) is 19.3 Å². The van der Waals surface area contributed by atoms with Gasteiger partial charge in [-0.3, -0.25) is 0 Å². The maximum absolute atomic E-state index is 13.7. The molecule has 0 fully saturated rings. The first-order chi connectivity index (χ1) is 8.83. The van der Waals surface area contributed by atoms with E-state index in [2.05, 4.69) is 5.32 Å². The summed E-state index contributed by atoms with van der Waals surface area (Å²) in [6.45, 7) is 0. The van der Waals surface area contributed by atoms with Gasteiger partial charge in [0.05, 0.1) is 5.02 Å². The molecule has 0 saturated carbocycles. The van der Waals surface area contributed by atoms with Gasteiger partial charge in [-0.2, -0.15) is 13.2 Å². The molecule has 0 aromatic heterocycles. The van der Waals surface area contributed by atoms with Gasteiger partial charge in [0, 0.05) is 12.5 Å². The molecule has 1 nitrogen and oxygen atoms in total. The fraction of sp³-hybridized carbons (Fsp3) is 0.538. The van der Waals surface area contributed by atoms with Gasteiger partial charge in [0.15, 0.2) is 0 Å². The number of hydrogen-bond donors (Lipinski definition) is 1. The summed E-state index contributed by atoms with van der Waals surface area (Å²) in [7, 11) is 1.65. The van der Waals surface area contributed by atoms with E-state index in [1.807, 2.05) is 0 Å². The second-order valence-electron chi connectivity index (χ2n) is 4.41. The Bertz CT molecular complexity index is 406. The van der Waals surface area contributed by atoms with E-state index >= 15 is 0 Å². The molecule has 1 unspecified atom stereocenters. The van der Waals surface area contributed by atoms with E-state index in [1.54, 1.807) is 19.2 Å². The molecular formula is C13H16ClF4N. The number of hydrogen-bond acceptors (Lipinski definition) is 1. The standard InChI is InChI=1S/C13H16ClF4N/c1-19-10(5-3-7-13(16,17)18)8-9-4-2-6-11(14)12(9)15/h2,4,6,10,19H,3,5,7-8H2,1H3. The first-order valence-electron chi connectivity index (χ1n) is 6.00. The summed E-state index contributed by atoms with van der Waals surface area (Å²) in [4.78, 5) is 0. The van der Waals surface area contributed by atoms with E-state index in [0.29, 0.717) is 18.4 Å². The van der Waals surface area contributed by atoms with E-state index in [0.717, 1.165) is 0 Å². The Kier molecular flexibility index (Phi) is 6.07. The van der Waals surface area contributed by atoms with Gasteiger partial charge in [-0.1, -0.05) is 23.7 Å². The van der Waals surface area contributed by atoms with Crippen LogP contribution in [-0.2, 0) is 6.42 Å². The number of rotatable bonds is 6. The lowest BCUT2D eigenvalue weighted by molar-refractivity contribution is -0.135. The molecule has 0 heterocycles. The summed E-state index contributed by atoms with van der Waals surface area (Å²) >= 11 is 5.66. The average Bonchev–Trinajstić information content (AvgIpc) is 2.32. The first kappa shape index (κ1) is 16.2. The second-order valence-corrected chi connectivity index (χ2v) is 4.82. The zero-order chi connectivity index (χ0) is 14.5. The normalized spacial score (nSPS) is 13.6. The molecule has 1 N–H and O–H groups in total. The lowest BCUT2D eigenvalue weighted by atomic mass is 10.0. The summed E-state index contributed by atoms with van der Waals surface area (Å²) in [6.07, 6.45) is -4.28. The SMILES string of the molecule is CNC(CCCC(F)(F)F)Cc1cccc(Cl)c1F. The minimum Gasteiger partial charge on any atom is -0.317 e. The predicted molar refractivity (Wildman–Crippen MR) is 67.9 cm³/mol. The van der Waals surface area contributed by atoms with Crippen LogP contribution in [0.5, 0.6) is 0 Å². The monoisotopic (exact) mass is 297 g/mol. The molecule has 1 atom stereocenters. The molecule has 1 rings (SSSR count). The van der Waals surface area contributed by atoms with Gasteiger partial charge in [0.2, 0.25) is 0 Å². The Morgan fingerprint density at radius 3 is 2.58 bits per heavy atom. The van der Waals surface area contributed by atoms with Gasteiger partial charge in [0.1, 0.15) is 5.82 Å². The van der Waals surface area contributed by atoms with Gasteiger partial charge in [-0.25, -0.2) is 4.39 Å². The minimum absolute atomic E-state index is 0.0250. The third-order valence-electron chi connectivity index (χ3n) is 2.92. The van der Waals surface area contributed by atoms with E-state index in [4.69, 9.17) is 11.6 Å². The third kappa shape index (κ3) is 5.78. The molecule has 1 aromatic rings. The molecule has 6 heteroatoms. The van der Waals surface area contributed by atoms with Crippen LogP contribution >= 0.6 is 11.6 Å². The quantitative estimate of drug-likeness (QED) is 0.770. The molecule has 19 heavy (non-hydrogen) atoms. The third-order valence-corrected chi connectivity index (χ3v) is 3.21. The molecular weight excluding hydrogens is 282 g/mol. The number of halogens is 5. The van der Waals surface area contributed by atoms with Crippen LogP contribution < -0.4 is 5.32 Å². The van der Waals surface area contributed by atoms with Crippen molar-refractivity contribution in [2.75, 3.05) is 7.05 Å². The van der Waals surface area contributed by atoms with E-state index in [9.17, 15) is 17.6 Å². The first-order valence-corrected chi connectivity index (χ1v) is 6.38. The molecule has 0 aliphatic carbocycles. The van der Waals surface area contributed by atoms with Crippen molar-refractivity contribution < 1.29 is 17.6 Å². The fourth-order valence-corrected chi connectivity index (χ4v) is 2.06. The van der Waals surface area contributed by atoms with Crippen LogP contribution in [0.3, 0.4) is 0 Å². The number of likely N-dealkylation sites (N-methyl/N-ethyl adjacent to an activating group) is 1. The van der Waals surface area contributed by atoms with Gasteiger partial charge < -0.3 is 5.32 Å². The Labute approximate surface area is 115 Å². The van der Waals surface area contributed by atoms with E-state index in [1.165, 1.54) is 6.07 Å². The molecule has 0 spiro atoms. The largest absolute Gasteiger partial charge is 0.389 e. The van der Waals surface area contributed by atoms with Crippen molar-refractivity contribution in [3.05, 3.63) is 34.6 Å². The summed E-state index contributed by atoms with van der Waals surface area (Å²) in [5.74, 6) is -0.500. The number of nitrogens with one attached hydrogen (secondary N) is 1. The zero-order valence-corrected chi connectivity index (χ0v) is 11.3. The van der Waals surface area contributed by atoms with Gasteiger partial charge in [-0.15, -0.1) is 0 Å². The van der Waals surface area contributed by atoms with Gasteiger partial charge in [-0.05, 0) is 37.9 Å². The molecule has 0 radical (unpaired) electrons. The molecule has 0 aliphatic rings. The van der Waals surface area contributed by atoms with Crippen molar-refractivity contribution in [2.24, 2.45) is 0 Å². The lowest BCUT2D eigenvalue weighted by Crippen LogP contribution is -2.28. The van der Waals surface area contributed by atoms with Crippen LogP contribution in [0.4, 0.5) is 17.6 Å². The Morgan fingerprint density at radius 2 is 2.00 bits per heavy atom. The highest BCUT2D eigenvalue weighted by Gasteiger charge is 2.26. The summed E-state index contributed by atoms with van der Waals surface area (Å²) in [5, 5.41) is 2.94. The maximum Gasteiger partial charge on any atom is 0.389 e. The highest BCUT2D eigenvalue weighted by molar-refractivity contribution is 6.30. The Morgan fingerprint density at radius 1 is 1.32 bits per heavy atom. The van der Waals surface area contributed by atoms with Gasteiger partial charge in [0.25, 0.3) is 0 Å². The second kappa shape index (κ2) is 7.10. The Balaban J connectivity index is 2.55. The van der Waals surface area contributed by atoms with Crippen molar-refractivity contribution in [2.45, 2.75) is 37.9 Å². The zero-order valence-electron chi connectivity index (χ0n) is 10.5. The van der Waals surface area contributed by atoms with Crippen LogP contribution in [0.2, 0.25) is 5.02 Å². The van der Waals surface area contributed by atoms with Crippen molar-refractivity contribution in [3.63, 3.8) is 0 Å². The van der Waals surface area contributed by atoms with Crippen LogP contribution in [0.15, 0.2) is 18.2 Å². The van der Waals surface area contributed by atoms with Crippen molar-refractivity contribution >= 4 is 11.6 Å². The number of benzene rings is 1. The summed E-state index contributed by atoms with van der Waals surface area (Å²) in [5.41, 5.74) is 0.416. The molecule has 0 amide bonds. The summed E-state index contributed by atoms with van der Waals surface area (Å²) < 4.78 is 49.8. The average molecular weight is 298 g/mol. The maximum atomic E-state index is 13.7. The number of alkyl halides is 3. The molecule has 0 saturated heterocycles. The van der Waals surface area contributed by atoms with E-state index in [-0.39, 0.29) is 17.5 Å². The molecule has 1 aromatic carbocycles. The lowest BCUT2D eigenvalue weighted by Gasteiger charge is -2.17. The van der Waals surface area contributed by atoms with Gasteiger partial charge >= 0.3 is 6.18 Å². The van der Waals surface area contributed by atoms with Crippen molar-refractivity contribution in [1.82, 2.24) is 5.32 Å². The fourth-order valence-electron chi connectivity index (χ4n) is 1.87. The molecule has 0 aliphatic heterocycles. The van der Waals surface area contributed by atoms with Crippen molar-refractivity contribution in [3.8, 4) is 0 Å². The Hall–Kier alpha value is -0.810. The summed E-state index contributed by atoms with van der Waals surface area (Å²) in [6, 6.07) is 4.46. The minimum atomic E-state index is -4.14. The highest BCUT2D eigenvalue weighted by atomic mass is 35.5. The molecule has 0 bridgehead atoms. The van der Waals surface area contributed by atoms with Crippen molar-refractivity contribution in [1.29, 1.82) is 0 Å². The van der Waals surface area contributed by atoms with E-state index < -0.39 is 18.4 Å². The van der Waals surface area contributed by atoms with Crippen LogP contribution in [0.1, 0.15) is 24.8 Å². The highest BCUT2D eigenvalue weighted by Crippen LogP contribution is 2.24.